The van der Waals surface area contributed by atoms with Crippen molar-refractivity contribution in [2.75, 3.05) is 26.7 Å². The van der Waals surface area contributed by atoms with Crippen LogP contribution in [0, 0.1) is 12.8 Å². The Morgan fingerprint density at radius 1 is 1.46 bits per heavy atom. The fourth-order valence-corrected chi connectivity index (χ4v) is 3.15. The van der Waals surface area contributed by atoms with Gasteiger partial charge >= 0.3 is 0 Å². The van der Waals surface area contributed by atoms with Crippen molar-refractivity contribution in [2.45, 2.75) is 45.3 Å². The fraction of sp³-hybridized carbons (Fsp3) is 0.632. The van der Waals surface area contributed by atoms with Crippen LogP contribution in [0.15, 0.2) is 24.3 Å². The molecule has 0 saturated heterocycles. The van der Waals surface area contributed by atoms with Crippen molar-refractivity contribution in [1.82, 2.24) is 10.2 Å². The van der Waals surface area contributed by atoms with Crippen molar-refractivity contribution in [3.8, 4) is 5.75 Å². The number of carbonyl (C=O) groups is 1. The van der Waals surface area contributed by atoms with Crippen molar-refractivity contribution in [3.63, 3.8) is 0 Å². The molecule has 0 spiro atoms. The average Bonchev–Trinajstić information content (AvgIpc) is 2.95. The van der Waals surface area contributed by atoms with Gasteiger partial charge in [-0.2, -0.15) is 0 Å². The summed E-state index contributed by atoms with van der Waals surface area (Å²) in [5, 5.41) is 12.8. The van der Waals surface area contributed by atoms with E-state index in [1.807, 2.05) is 50.1 Å². The number of rotatable bonds is 8. The van der Waals surface area contributed by atoms with Gasteiger partial charge in [-0.25, -0.2) is 0 Å². The summed E-state index contributed by atoms with van der Waals surface area (Å²) in [6.07, 6.45) is 2.79. The van der Waals surface area contributed by atoms with E-state index in [1.54, 1.807) is 0 Å². The van der Waals surface area contributed by atoms with Crippen LogP contribution in [-0.2, 0) is 4.79 Å². The van der Waals surface area contributed by atoms with Gasteiger partial charge in [-0.1, -0.05) is 18.6 Å². The molecule has 0 aliphatic heterocycles. The van der Waals surface area contributed by atoms with Crippen LogP contribution in [0.1, 0.15) is 31.7 Å². The van der Waals surface area contributed by atoms with Crippen LogP contribution in [0.5, 0.6) is 5.75 Å². The summed E-state index contributed by atoms with van der Waals surface area (Å²) in [6, 6.07) is 7.66. The number of amides is 1. The summed E-state index contributed by atoms with van der Waals surface area (Å²) < 4.78 is 5.64. The number of carbonyl (C=O) groups excluding carboxylic acids is 1. The molecule has 1 aromatic carbocycles. The first-order valence-corrected chi connectivity index (χ1v) is 8.83. The molecule has 0 radical (unpaired) electrons. The van der Waals surface area contributed by atoms with Crippen LogP contribution in [0.4, 0.5) is 0 Å². The highest BCUT2D eigenvalue weighted by Gasteiger charge is 2.28. The van der Waals surface area contributed by atoms with Crippen molar-refractivity contribution in [2.24, 2.45) is 5.92 Å². The lowest BCUT2D eigenvalue weighted by Crippen LogP contribution is -2.46. The van der Waals surface area contributed by atoms with Gasteiger partial charge in [0.05, 0.1) is 18.7 Å². The zero-order valence-corrected chi connectivity index (χ0v) is 15.0. The normalized spacial score (nSPS) is 21.7. The van der Waals surface area contributed by atoms with Gasteiger partial charge in [0.15, 0.2) is 0 Å². The lowest BCUT2D eigenvalue weighted by atomic mass is 10.0. The van der Waals surface area contributed by atoms with Gasteiger partial charge < -0.3 is 15.2 Å². The molecule has 0 heterocycles. The zero-order valence-electron chi connectivity index (χ0n) is 15.0. The maximum Gasteiger partial charge on any atom is 0.237 e. The van der Waals surface area contributed by atoms with Gasteiger partial charge in [-0.05, 0) is 57.4 Å². The summed E-state index contributed by atoms with van der Waals surface area (Å²) in [5.41, 5.74) is 1.15. The van der Waals surface area contributed by atoms with Crippen molar-refractivity contribution < 1.29 is 14.6 Å². The fourth-order valence-electron chi connectivity index (χ4n) is 3.15. The van der Waals surface area contributed by atoms with E-state index in [0.29, 0.717) is 13.2 Å². The van der Waals surface area contributed by atoms with Crippen LogP contribution in [0.3, 0.4) is 0 Å². The van der Waals surface area contributed by atoms with E-state index in [9.17, 15) is 9.90 Å². The third-order valence-electron chi connectivity index (χ3n) is 4.84. The van der Waals surface area contributed by atoms with E-state index in [-0.39, 0.29) is 24.0 Å². The molecule has 1 aliphatic rings. The number of nitrogens with zero attached hydrogens (tertiary/aromatic N) is 1. The Morgan fingerprint density at radius 3 is 2.92 bits per heavy atom. The van der Waals surface area contributed by atoms with Gasteiger partial charge in [0.1, 0.15) is 12.4 Å². The Balaban J connectivity index is 1.67. The smallest absolute Gasteiger partial charge is 0.237 e. The van der Waals surface area contributed by atoms with Crippen LogP contribution in [-0.4, -0.2) is 54.8 Å². The molecule has 24 heavy (non-hydrogen) atoms. The van der Waals surface area contributed by atoms with Crippen LogP contribution < -0.4 is 10.1 Å². The number of hydrogen-bond acceptors (Lipinski definition) is 4. The topological polar surface area (TPSA) is 61.8 Å². The molecule has 2 N–H and O–H groups in total. The Labute approximate surface area is 145 Å². The first-order chi connectivity index (χ1) is 11.5. The molecule has 1 fully saturated rings. The van der Waals surface area contributed by atoms with E-state index in [1.165, 1.54) is 0 Å². The van der Waals surface area contributed by atoms with E-state index < -0.39 is 0 Å². The van der Waals surface area contributed by atoms with Gasteiger partial charge in [0.2, 0.25) is 5.91 Å². The van der Waals surface area contributed by atoms with Gasteiger partial charge in [-0.3, -0.25) is 9.69 Å². The minimum absolute atomic E-state index is 0.00201. The first-order valence-electron chi connectivity index (χ1n) is 8.83. The molecule has 3 unspecified atom stereocenters. The molecule has 1 amide bonds. The second-order valence-electron chi connectivity index (χ2n) is 6.83. The second-order valence-corrected chi connectivity index (χ2v) is 6.83. The predicted octanol–water partition coefficient (Wildman–Crippen LogP) is 1.97. The first kappa shape index (κ1) is 18.7. The molecule has 134 valence electrons. The minimum Gasteiger partial charge on any atom is -0.492 e. The highest BCUT2D eigenvalue weighted by atomic mass is 16.5. The number of aliphatic hydroxyl groups is 1. The quantitative estimate of drug-likeness (QED) is 0.714. The van der Waals surface area contributed by atoms with Gasteiger partial charge in [0.25, 0.3) is 0 Å². The molecule has 0 aromatic heterocycles. The van der Waals surface area contributed by atoms with Crippen LogP contribution in [0.25, 0.3) is 0 Å². The molecule has 1 aliphatic carbocycles. The number of nitrogens with one attached hydrogen (secondary N) is 1. The third kappa shape index (κ3) is 5.49. The lowest BCUT2D eigenvalue weighted by molar-refractivity contribution is -0.125. The Morgan fingerprint density at radius 2 is 2.25 bits per heavy atom. The predicted molar refractivity (Wildman–Crippen MR) is 95.1 cm³/mol. The monoisotopic (exact) mass is 334 g/mol. The van der Waals surface area contributed by atoms with E-state index in [0.717, 1.165) is 37.1 Å². The lowest BCUT2D eigenvalue weighted by Gasteiger charge is -2.27. The zero-order chi connectivity index (χ0) is 17.5. The van der Waals surface area contributed by atoms with E-state index >= 15 is 0 Å². The molecule has 5 nitrogen and oxygen atoms in total. The van der Waals surface area contributed by atoms with Gasteiger partial charge in [0, 0.05) is 6.54 Å². The highest BCUT2D eigenvalue weighted by molar-refractivity contribution is 5.81. The Bertz CT molecular complexity index is 535. The largest absolute Gasteiger partial charge is 0.492 e. The van der Waals surface area contributed by atoms with Crippen LogP contribution >= 0.6 is 0 Å². The number of likely N-dealkylation sites (N-methyl/N-ethyl adjacent to an activating group) is 1. The molecule has 1 saturated carbocycles. The maximum absolute atomic E-state index is 12.2. The number of aliphatic hydroxyl groups excluding tert-OH is 1. The minimum atomic E-state index is -0.217. The molecule has 5 heteroatoms. The number of hydrogen-bond donors (Lipinski definition) is 2. The molecule has 2 rings (SSSR count). The van der Waals surface area contributed by atoms with Crippen molar-refractivity contribution in [1.29, 1.82) is 0 Å². The molecule has 0 bridgehead atoms. The number of benzene rings is 1. The summed E-state index contributed by atoms with van der Waals surface area (Å²) in [6.45, 7) is 5.62. The number of ether oxygens (including phenoxy) is 1. The average molecular weight is 334 g/mol. The van der Waals surface area contributed by atoms with Gasteiger partial charge in [-0.15, -0.1) is 0 Å². The summed E-state index contributed by atoms with van der Waals surface area (Å²) in [4.78, 5) is 14.3. The maximum atomic E-state index is 12.2. The number of aryl methyl sites for hydroxylation is 1. The second kappa shape index (κ2) is 9.04. The standard InChI is InChI=1S/C19H30N2O3/c1-14-6-4-8-17(12-14)24-11-10-20-19(23)15(2)21(3)13-16-7-5-9-18(16)22/h4,6,8,12,15-16,18,22H,5,7,9-11,13H2,1-3H3,(H,20,23). The molecule has 3 atom stereocenters. The van der Waals surface area contributed by atoms with Crippen molar-refractivity contribution >= 4 is 5.91 Å². The highest BCUT2D eigenvalue weighted by Crippen LogP contribution is 2.26. The summed E-state index contributed by atoms with van der Waals surface area (Å²) in [5.74, 6) is 1.11. The van der Waals surface area contributed by atoms with E-state index in [2.05, 4.69) is 5.32 Å². The third-order valence-corrected chi connectivity index (χ3v) is 4.84. The summed E-state index contributed by atoms with van der Waals surface area (Å²) in [7, 11) is 1.94. The Hall–Kier alpha value is -1.59. The Kier molecular flexibility index (Phi) is 7.06. The van der Waals surface area contributed by atoms with E-state index in [4.69, 9.17) is 4.74 Å². The molecule has 1 aromatic rings. The SMILES string of the molecule is Cc1cccc(OCCNC(=O)C(C)N(C)CC2CCCC2O)c1. The molecular weight excluding hydrogens is 304 g/mol. The summed E-state index contributed by atoms with van der Waals surface area (Å²) >= 11 is 0. The van der Waals surface area contributed by atoms with Crippen LogP contribution in [0.2, 0.25) is 0 Å². The molecular formula is C19H30N2O3. The van der Waals surface area contributed by atoms with Crippen molar-refractivity contribution in [3.05, 3.63) is 29.8 Å².